The molecule has 1 aliphatic heterocycles. The largest absolute Gasteiger partial charge is 0.350 e. The molecule has 0 radical (unpaired) electrons. The van der Waals surface area contributed by atoms with Crippen molar-refractivity contribution in [2.24, 2.45) is 7.05 Å². The topological polar surface area (TPSA) is 67.2 Å². The van der Waals surface area contributed by atoms with Gasteiger partial charge in [-0.2, -0.15) is 0 Å². The number of amides is 2. The molecule has 7 heteroatoms. The van der Waals surface area contributed by atoms with Crippen LogP contribution >= 0.6 is 11.6 Å². The summed E-state index contributed by atoms with van der Waals surface area (Å²) in [5, 5.41) is 4.53. The number of halogens is 1. The average molecular weight is 409 g/mol. The Bertz CT molecular complexity index is 1150. The van der Waals surface area contributed by atoms with E-state index in [1.807, 2.05) is 42.1 Å². The van der Waals surface area contributed by atoms with Gasteiger partial charge >= 0.3 is 0 Å². The number of anilines is 1. The minimum Gasteiger partial charge on any atom is -0.350 e. The van der Waals surface area contributed by atoms with Gasteiger partial charge in [0.05, 0.1) is 0 Å². The van der Waals surface area contributed by atoms with Crippen molar-refractivity contribution in [1.29, 1.82) is 0 Å². The number of rotatable bonds is 4. The molecule has 1 aromatic carbocycles. The van der Waals surface area contributed by atoms with Crippen LogP contribution in [-0.2, 0) is 29.6 Å². The number of fused-ring (bicyclic) bond motifs is 2. The Balaban J connectivity index is 1.47. The molecule has 0 saturated carbocycles. The number of likely N-dealkylation sites (N-methyl/N-ethyl adjacent to an activating group) is 1. The summed E-state index contributed by atoms with van der Waals surface area (Å²) >= 11 is 6.09. The number of aromatic nitrogens is 2. The third-order valence-corrected chi connectivity index (χ3v) is 5.34. The Morgan fingerprint density at radius 1 is 1.34 bits per heavy atom. The lowest BCUT2D eigenvalue weighted by Crippen LogP contribution is -2.24. The van der Waals surface area contributed by atoms with Gasteiger partial charge < -0.3 is 14.8 Å². The molecular formula is C22H21ClN4O2. The summed E-state index contributed by atoms with van der Waals surface area (Å²) in [6.45, 7) is 0.497. The first-order valence-electron chi connectivity index (χ1n) is 9.36. The molecule has 3 heterocycles. The Labute approximate surface area is 173 Å². The van der Waals surface area contributed by atoms with E-state index >= 15 is 0 Å². The van der Waals surface area contributed by atoms with Crippen molar-refractivity contribution in [3.8, 4) is 0 Å². The molecule has 1 aliphatic rings. The van der Waals surface area contributed by atoms with Gasteiger partial charge in [0, 0.05) is 61.5 Å². The molecule has 29 heavy (non-hydrogen) atoms. The second-order valence-electron chi connectivity index (χ2n) is 7.28. The third-order valence-electron chi connectivity index (χ3n) is 5.10. The van der Waals surface area contributed by atoms with Gasteiger partial charge in [0.2, 0.25) is 11.8 Å². The van der Waals surface area contributed by atoms with Crippen LogP contribution in [0.15, 0.2) is 42.7 Å². The van der Waals surface area contributed by atoms with E-state index in [2.05, 4.69) is 10.3 Å². The Morgan fingerprint density at radius 2 is 2.17 bits per heavy atom. The van der Waals surface area contributed by atoms with Crippen LogP contribution in [0.4, 0.5) is 5.82 Å². The fourth-order valence-electron chi connectivity index (χ4n) is 3.56. The van der Waals surface area contributed by atoms with E-state index in [9.17, 15) is 9.59 Å². The lowest BCUT2D eigenvalue weighted by molar-refractivity contribution is -0.125. The van der Waals surface area contributed by atoms with Gasteiger partial charge in [-0.3, -0.25) is 9.59 Å². The molecule has 0 fully saturated rings. The highest BCUT2D eigenvalue weighted by Crippen LogP contribution is 2.25. The molecule has 0 unspecified atom stereocenters. The maximum absolute atomic E-state index is 12.6. The number of aryl methyl sites for hydroxylation is 2. The summed E-state index contributed by atoms with van der Waals surface area (Å²) in [6, 6.07) is 7.73. The van der Waals surface area contributed by atoms with E-state index in [-0.39, 0.29) is 11.8 Å². The molecule has 0 aliphatic carbocycles. The third kappa shape index (κ3) is 4.03. The number of nitrogens with one attached hydrogen (secondary N) is 1. The molecular weight excluding hydrogens is 388 g/mol. The number of nitrogens with zero attached hydrogens (tertiary/aromatic N) is 3. The van der Waals surface area contributed by atoms with E-state index in [0.717, 1.165) is 27.6 Å². The fourth-order valence-corrected chi connectivity index (χ4v) is 3.73. The Kier molecular flexibility index (Phi) is 5.11. The van der Waals surface area contributed by atoms with Gasteiger partial charge in [-0.25, -0.2) is 4.98 Å². The van der Waals surface area contributed by atoms with Gasteiger partial charge in [0.25, 0.3) is 0 Å². The van der Waals surface area contributed by atoms with Crippen LogP contribution in [0.3, 0.4) is 0 Å². The summed E-state index contributed by atoms with van der Waals surface area (Å²) in [7, 11) is 3.75. The van der Waals surface area contributed by atoms with Crippen molar-refractivity contribution in [3.05, 3.63) is 64.4 Å². The molecule has 1 N–H and O–H groups in total. The number of hydrogen-bond donors (Lipinski definition) is 1. The predicted molar refractivity (Wildman–Crippen MR) is 115 cm³/mol. The monoisotopic (exact) mass is 408 g/mol. The molecule has 148 valence electrons. The minimum atomic E-state index is -0.0954. The maximum atomic E-state index is 12.6. The minimum absolute atomic E-state index is 0.0131. The van der Waals surface area contributed by atoms with Crippen molar-refractivity contribution in [2.75, 3.05) is 12.4 Å². The molecule has 3 aromatic rings. The summed E-state index contributed by atoms with van der Waals surface area (Å²) in [4.78, 5) is 30.0. The SMILES string of the molecule is CN(Cc1cn(C)c2cc(Cl)ccc12)C(=O)C=Cc1cnc2c(c1)CCC(=O)N2. The highest BCUT2D eigenvalue weighted by atomic mass is 35.5. The predicted octanol–water partition coefficient (Wildman–Crippen LogP) is 3.78. The van der Waals surface area contributed by atoms with E-state index in [1.54, 1.807) is 30.3 Å². The first-order chi connectivity index (χ1) is 13.9. The van der Waals surface area contributed by atoms with Crippen LogP contribution in [0.2, 0.25) is 5.02 Å². The number of hydrogen-bond acceptors (Lipinski definition) is 3. The second-order valence-corrected chi connectivity index (χ2v) is 7.72. The highest BCUT2D eigenvalue weighted by molar-refractivity contribution is 6.31. The number of pyridine rings is 1. The quantitative estimate of drug-likeness (QED) is 0.668. The molecule has 0 bridgehead atoms. The molecule has 0 saturated heterocycles. The summed E-state index contributed by atoms with van der Waals surface area (Å²) in [5.74, 6) is 0.501. The molecule has 0 spiro atoms. The van der Waals surface area contributed by atoms with Crippen molar-refractivity contribution in [1.82, 2.24) is 14.5 Å². The summed E-state index contributed by atoms with van der Waals surface area (Å²) < 4.78 is 2.02. The van der Waals surface area contributed by atoms with Crippen LogP contribution in [0.5, 0.6) is 0 Å². The van der Waals surface area contributed by atoms with Gasteiger partial charge in [0.1, 0.15) is 5.82 Å². The average Bonchev–Trinajstić information content (AvgIpc) is 3.00. The smallest absolute Gasteiger partial charge is 0.246 e. The zero-order chi connectivity index (χ0) is 20.5. The zero-order valence-corrected chi connectivity index (χ0v) is 17.0. The van der Waals surface area contributed by atoms with Crippen LogP contribution in [0, 0.1) is 0 Å². The summed E-state index contributed by atoms with van der Waals surface area (Å²) in [5.41, 5.74) is 3.93. The van der Waals surface area contributed by atoms with Crippen molar-refractivity contribution < 1.29 is 9.59 Å². The second kappa shape index (κ2) is 7.72. The van der Waals surface area contributed by atoms with Crippen LogP contribution in [-0.4, -0.2) is 33.3 Å². The lowest BCUT2D eigenvalue weighted by atomic mass is 10.0. The number of benzene rings is 1. The van der Waals surface area contributed by atoms with Crippen molar-refractivity contribution in [2.45, 2.75) is 19.4 Å². The van der Waals surface area contributed by atoms with Crippen molar-refractivity contribution in [3.63, 3.8) is 0 Å². The van der Waals surface area contributed by atoms with Gasteiger partial charge in [0.15, 0.2) is 0 Å². The standard InChI is InChI=1S/C22H21ClN4O2/c1-26-12-16(18-6-5-17(23)10-19(18)26)13-27(2)21(29)8-3-14-9-15-4-7-20(28)25-22(15)24-11-14/h3,5-6,8-12H,4,7,13H2,1-2H3,(H,24,25,28). The molecule has 2 aromatic heterocycles. The summed E-state index contributed by atoms with van der Waals surface area (Å²) in [6.07, 6.45) is 8.10. The fraction of sp³-hybridized carbons (Fsp3) is 0.227. The van der Waals surface area contributed by atoms with E-state index in [1.165, 1.54) is 0 Å². The van der Waals surface area contributed by atoms with Gasteiger partial charge in [-0.1, -0.05) is 17.7 Å². The van der Waals surface area contributed by atoms with Crippen LogP contribution < -0.4 is 5.32 Å². The highest BCUT2D eigenvalue weighted by Gasteiger charge is 2.16. The Hall–Kier alpha value is -3.12. The molecule has 6 nitrogen and oxygen atoms in total. The lowest BCUT2D eigenvalue weighted by Gasteiger charge is -2.16. The Morgan fingerprint density at radius 3 is 3.00 bits per heavy atom. The number of carbonyl (C=O) groups is 2. The van der Waals surface area contributed by atoms with Gasteiger partial charge in [-0.15, -0.1) is 0 Å². The van der Waals surface area contributed by atoms with Crippen molar-refractivity contribution >= 4 is 46.2 Å². The molecule has 0 atom stereocenters. The van der Waals surface area contributed by atoms with Gasteiger partial charge in [-0.05, 0) is 47.4 Å². The normalized spacial score (nSPS) is 13.6. The van der Waals surface area contributed by atoms with E-state index in [0.29, 0.717) is 30.2 Å². The van der Waals surface area contributed by atoms with Crippen LogP contribution in [0.1, 0.15) is 23.1 Å². The van der Waals surface area contributed by atoms with E-state index in [4.69, 9.17) is 11.6 Å². The van der Waals surface area contributed by atoms with Crippen LogP contribution in [0.25, 0.3) is 17.0 Å². The molecule has 2 amide bonds. The van der Waals surface area contributed by atoms with E-state index < -0.39 is 0 Å². The first-order valence-corrected chi connectivity index (χ1v) is 9.74. The first kappa shape index (κ1) is 19.2. The zero-order valence-electron chi connectivity index (χ0n) is 16.3. The number of carbonyl (C=O) groups excluding carboxylic acids is 2. The maximum Gasteiger partial charge on any atom is 0.246 e. The molecule has 4 rings (SSSR count).